The molecule has 0 N–H and O–H groups in total. The molecule has 0 aliphatic carbocycles. The minimum Gasteiger partial charge on any atom is -0.423 e. The largest absolute Gasteiger partial charge is 0.423 e. The van der Waals surface area contributed by atoms with Crippen LogP contribution < -0.4 is 5.63 Å². The number of tetrazole rings is 1. The van der Waals surface area contributed by atoms with Crippen LogP contribution in [0.1, 0.15) is 22.3 Å². The third-order valence-electron chi connectivity index (χ3n) is 4.52. The van der Waals surface area contributed by atoms with Crippen LogP contribution in [0.3, 0.4) is 0 Å². The zero-order valence-corrected chi connectivity index (χ0v) is 16.1. The fourth-order valence-corrected chi connectivity index (χ4v) is 3.74. The Kier molecular flexibility index (Phi) is 4.53. The lowest BCUT2D eigenvalue weighted by molar-refractivity contribution is 0.559. The number of rotatable bonds is 4. The lowest BCUT2D eigenvalue weighted by atomic mass is 10.0. The molecule has 7 heteroatoms. The van der Waals surface area contributed by atoms with Crippen molar-refractivity contribution in [2.24, 2.45) is 0 Å². The Morgan fingerprint density at radius 1 is 1.04 bits per heavy atom. The van der Waals surface area contributed by atoms with E-state index in [9.17, 15) is 4.79 Å². The summed E-state index contributed by atoms with van der Waals surface area (Å²) in [7, 11) is 0. The van der Waals surface area contributed by atoms with Crippen molar-refractivity contribution in [3.8, 4) is 5.69 Å². The first kappa shape index (κ1) is 17.5. The first-order valence-electron chi connectivity index (χ1n) is 8.53. The zero-order chi connectivity index (χ0) is 19.0. The van der Waals surface area contributed by atoms with Gasteiger partial charge in [-0.25, -0.2) is 4.79 Å². The quantitative estimate of drug-likeness (QED) is 0.395. The third-order valence-corrected chi connectivity index (χ3v) is 5.49. The van der Waals surface area contributed by atoms with Crippen LogP contribution in [0.25, 0.3) is 16.7 Å². The molecule has 0 atom stereocenters. The lowest BCUT2D eigenvalue weighted by Gasteiger charge is -2.08. The second-order valence-electron chi connectivity index (χ2n) is 6.52. The molecule has 2 aromatic heterocycles. The number of hydrogen-bond acceptors (Lipinski definition) is 6. The molecule has 0 aliphatic rings. The van der Waals surface area contributed by atoms with Crippen LogP contribution in [0.4, 0.5) is 0 Å². The molecule has 4 aromatic rings. The maximum absolute atomic E-state index is 12.0. The second-order valence-corrected chi connectivity index (χ2v) is 7.46. The van der Waals surface area contributed by atoms with Crippen molar-refractivity contribution < 1.29 is 4.42 Å². The summed E-state index contributed by atoms with van der Waals surface area (Å²) in [6.07, 6.45) is 0. The van der Waals surface area contributed by atoms with Crippen molar-refractivity contribution in [2.45, 2.75) is 31.7 Å². The molecule has 0 amide bonds. The molecule has 2 heterocycles. The summed E-state index contributed by atoms with van der Waals surface area (Å²) in [4.78, 5) is 12.0. The number of benzene rings is 2. The molecule has 136 valence electrons. The maximum Gasteiger partial charge on any atom is 0.336 e. The molecule has 27 heavy (non-hydrogen) atoms. The number of fused-ring (bicyclic) bond motifs is 1. The molecular formula is C20H18N4O2S. The van der Waals surface area contributed by atoms with Crippen molar-refractivity contribution in [2.75, 3.05) is 0 Å². The SMILES string of the molecule is Cc1ccc(-n2nnnc2SCc2cc(=O)oc3cc(C)c(C)cc23)cc1. The van der Waals surface area contributed by atoms with Crippen molar-refractivity contribution >= 4 is 22.7 Å². The van der Waals surface area contributed by atoms with Gasteiger partial charge in [0.25, 0.3) is 0 Å². The van der Waals surface area contributed by atoms with Gasteiger partial charge in [-0.3, -0.25) is 0 Å². The van der Waals surface area contributed by atoms with E-state index in [4.69, 9.17) is 4.42 Å². The molecule has 0 spiro atoms. The minimum atomic E-state index is -0.348. The summed E-state index contributed by atoms with van der Waals surface area (Å²) in [6.45, 7) is 6.09. The molecule has 2 aromatic carbocycles. The molecule has 4 rings (SSSR count). The standard InChI is InChI=1S/C20H18N4O2S/c1-12-4-6-16(7-5-12)24-20(21-22-23-24)27-11-15-10-19(25)26-18-9-14(3)13(2)8-17(15)18/h4-10H,11H2,1-3H3. The van der Waals surface area contributed by atoms with Gasteiger partial charge in [-0.15, -0.1) is 5.10 Å². The van der Waals surface area contributed by atoms with E-state index in [1.165, 1.54) is 17.3 Å². The Morgan fingerprint density at radius 3 is 2.56 bits per heavy atom. The Bertz CT molecular complexity index is 1180. The fourth-order valence-electron chi connectivity index (χ4n) is 2.86. The Hall–Kier alpha value is -2.93. The van der Waals surface area contributed by atoms with Gasteiger partial charge in [-0.05, 0) is 72.2 Å². The summed E-state index contributed by atoms with van der Waals surface area (Å²) >= 11 is 1.49. The maximum atomic E-state index is 12.0. The highest BCUT2D eigenvalue weighted by atomic mass is 32.2. The van der Waals surface area contributed by atoms with Gasteiger partial charge < -0.3 is 4.42 Å². The summed E-state index contributed by atoms with van der Waals surface area (Å²) in [5.41, 5.74) is 5.50. The van der Waals surface area contributed by atoms with Crippen molar-refractivity contribution in [1.29, 1.82) is 0 Å². The van der Waals surface area contributed by atoms with Crippen LogP contribution in [0.15, 0.2) is 56.8 Å². The monoisotopic (exact) mass is 378 g/mol. The Balaban J connectivity index is 1.67. The number of hydrogen-bond donors (Lipinski definition) is 0. The van der Waals surface area contributed by atoms with Gasteiger partial charge in [-0.1, -0.05) is 29.5 Å². The van der Waals surface area contributed by atoms with E-state index in [2.05, 4.69) is 28.5 Å². The topological polar surface area (TPSA) is 73.8 Å². The predicted molar refractivity (Wildman–Crippen MR) is 105 cm³/mol. The average Bonchev–Trinajstić information content (AvgIpc) is 3.10. The highest BCUT2D eigenvalue weighted by Gasteiger charge is 2.12. The molecule has 0 saturated carbocycles. The number of nitrogens with zero attached hydrogens (tertiary/aromatic N) is 4. The summed E-state index contributed by atoms with van der Waals surface area (Å²) in [5.74, 6) is 0.566. The number of aryl methyl sites for hydroxylation is 3. The van der Waals surface area contributed by atoms with E-state index in [1.54, 1.807) is 10.7 Å². The second kappa shape index (κ2) is 7.00. The van der Waals surface area contributed by atoms with Crippen LogP contribution in [0.5, 0.6) is 0 Å². The minimum absolute atomic E-state index is 0.348. The highest BCUT2D eigenvalue weighted by molar-refractivity contribution is 7.98. The predicted octanol–water partition coefficient (Wildman–Crippen LogP) is 3.99. The highest BCUT2D eigenvalue weighted by Crippen LogP contribution is 2.28. The van der Waals surface area contributed by atoms with E-state index < -0.39 is 0 Å². The van der Waals surface area contributed by atoms with Crippen LogP contribution in [-0.2, 0) is 5.75 Å². The molecule has 0 saturated heterocycles. The van der Waals surface area contributed by atoms with E-state index in [0.29, 0.717) is 16.5 Å². The normalized spacial score (nSPS) is 11.2. The van der Waals surface area contributed by atoms with Gasteiger partial charge in [0.2, 0.25) is 5.16 Å². The molecule has 0 bridgehead atoms. The van der Waals surface area contributed by atoms with Crippen LogP contribution >= 0.6 is 11.8 Å². The summed E-state index contributed by atoms with van der Waals surface area (Å²) in [6, 6.07) is 13.5. The number of aromatic nitrogens is 4. The van der Waals surface area contributed by atoms with Crippen LogP contribution in [0.2, 0.25) is 0 Å². The van der Waals surface area contributed by atoms with Gasteiger partial charge in [0, 0.05) is 17.2 Å². The molecule has 0 unspecified atom stereocenters. The third kappa shape index (κ3) is 3.50. The van der Waals surface area contributed by atoms with Gasteiger partial charge in [0.15, 0.2) is 0 Å². The van der Waals surface area contributed by atoms with Crippen LogP contribution in [-0.4, -0.2) is 20.2 Å². The molecule has 6 nitrogen and oxygen atoms in total. The molecule has 0 fully saturated rings. The van der Waals surface area contributed by atoms with Crippen LogP contribution in [0, 0.1) is 20.8 Å². The first-order valence-corrected chi connectivity index (χ1v) is 9.52. The molecular weight excluding hydrogens is 360 g/mol. The van der Waals surface area contributed by atoms with Gasteiger partial charge in [0.05, 0.1) is 5.69 Å². The Labute approximate surface area is 160 Å². The first-order chi connectivity index (χ1) is 13.0. The van der Waals surface area contributed by atoms with Crippen molar-refractivity contribution in [3.63, 3.8) is 0 Å². The van der Waals surface area contributed by atoms with Gasteiger partial charge >= 0.3 is 5.63 Å². The van der Waals surface area contributed by atoms with Gasteiger partial charge in [-0.2, -0.15) is 4.68 Å². The van der Waals surface area contributed by atoms with Crippen molar-refractivity contribution in [3.05, 3.63) is 75.1 Å². The smallest absolute Gasteiger partial charge is 0.336 e. The summed E-state index contributed by atoms with van der Waals surface area (Å²) < 4.78 is 7.07. The van der Waals surface area contributed by atoms with E-state index in [0.717, 1.165) is 27.8 Å². The summed E-state index contributed by atoms with van der Waals surface area (Å²) in [5, 5.41) is 13.6. The van der Waals surface area contributed by atoms with Crippen molar-refractivity contribution in [1.82, 2.24) is 20.2 Å². The molecule has 0 aliphatic heterocycles. The van der Waals surface area contributed by atoms with E-state index in [1.807, 2.05) is 44.2 Å². The number of thioether (sulfide) groups is 1. The van der Waals surface area contributed by atoms with E-state index >= 15 is 0 Å². The molecule has 0 radical (unpaired) electrons. The fraction of sp³-hybridized carbons (Fsp3) is 0.200. The lowest BCUT2D eigenvalue weighted by Crippen LogP contribution is -2.02. The van der Waals surface area contributed by atoms with Gasteiger partial charge in [0.1, 0.15) is 5.58 Å². The zero-order valence-electron chi connectivity index (χ0n) is 15.3. The average molecular weight is 378 g/mol. The Morgan fingerprint density at radius 2 is 1.78 bits per heavy atom. The van der Waals surface area contributed by atoms with E-state index in [-0.39, 0.29) is 5.63 Å².